The number of carbonyl (C=O) groups is 1. The first-order valence-corrected chi connectivity index (χ1v) is 4.94. The van der Waals surface area contributed by atoms with Gasteiger partial charge in [-0.3, -0.25) is 0 Å². The van der Waals surface area contributed by atoms with Crippen LogP contribution in [0.5, 0.6) is 0 Å². The van der Waals surface area contributed by atoms with Gasteiger partial charge >= 0.3 is 5.97 Å². The highest BCUT2D eigenvalue weighted by molar-refractivity contribution is 5.91. The molecule has 1 aromatic heterocycles. The smallest absolute Gasteiger partial charge is 0.335 e. The largest absolute Gasteiger partial charge is 0.478 e. The number of aromatic carboxylic acids is 1. The number of benzene rings is 1. The molecular weight excluding hydrogens is 204 g/mol. The van der Waals surface area contributed by atoms with Crippen LogP contribution in [0.1, 0.15) is 21.6 Å². The van der Waals surface area contributed by atoms with Crippen molar-refractivity contribution in [3.63, 3.8) is 0 Å². The Morgan fingerprint density at radius 2 is 2.12 bits per heavy atom. The molecule has 0 aliphatic carbocycles. The molecule has 0 aliphatic heterocycles. The van der Waals surface area contributed by atoms with Crippen molar-refractivity contribution >= 4 is 5.97 Å². The first kappa shape index (κ1) is 10.4. The first-order chi connectivity index (χ1) is 7.59. The van der Waals surface area contributed by atoms with Gasteiger partial charge in [-0.05, 0) is 25.5 Å². The van der Waals surface area contributed by atoms with E-state index in [1.54, 1.807) is 25.4 Å². The monoisotopic (exact) mass is 216 g/mol. The average Bonchev–Trinajstić information content (AvgIpc) is 2.65. The Labute approximate surface area is 93.0 Å². The van der Waals surface area contributed by atoms with Crippen molar-refractivity contribution in [3.8, 4) is 11.3 Å². The second kappa shape index (κ2) is 3.81. The number of rotatable bonds is 2. The SMILES string of the molecule is Cc1ccc(-c2nc[nH]c2C)cc1C(=O)O. The summed E-state index contributed by atoms with van der Waals surface area (Å²) in [4.78, 5) is 18.1. The van der Waals surface area contributed by atoms with E-state index >= 15 is 0 Å². The molecule has 0 amide bonds. The third kappa shape index (κ3) is 1.69. The molecule has 2 aromatic rings. The minimum absolute atomic E-state index is 0.319. The first-order valence-electron chi connectivity index (χ1n) is 4.94. The number of nitrogens with zero attached hydrogens (tertiary/aromatic N) is 1. The maximum Gasteiger partial charge on any atom is 0.335 e. The summed E-state index contributed by atoms with van der Waals surface area (Å²) < 4.78 is 0. The van der Waals surface area contributed by atoms with Gasteiger partial charge in [0.25, 0.3) is 0 Å². The summed E-state index contributed by atoms with van der Waals surface area (Å²) in [6.45, 7) is 3.69. The van der Waals surface area contributed by atoms with E-state index in [-0.39, 0.29) is 0 Å². The van der Waals surface area contributed by atoms with Gasteiger partial charge in [0.05, 0.1) is 17.6 Å². The molecule has 0 saturated carbocycles. The molecule has 0 spiro atoms. The summed E-state index contributed by atoms with van der Waals surface area (Å²) >= 11 is 0. The molecule has 2 N–H and O–H groups in total. The van der Waals surface area contributed by atoms with Gasteiger partial charge in [-0.15, -0.1) is 0 Å². The highest BCUT2D eigenvalue weighted by Crippen LogP contribution is 2.22. The van der Waals surface area contributed by atoms with Crippen molar-refractivity contribution in [2.75, 3.05) is 0 Å². The van der Waals surface area contributed by atoms with Crippen molar-refractivity contribution in [2.45, 2.75) is 13.8 Å². The maximum absolute atomic E-state index is 11.0. The molecule has 4 nitrogen and oxygen atoms in total. The molecule has 1 aromatic carbocycles. The van der Waals surface area contributed by atoms with Gasteiger partial charge < -0.3 is 10.1 Å². The average molecular weight is 216 g/mol. The summed E-state index contributed by atoms with van der Waals surface area (Å²) in [5, 5.41) is 9.03. The fraction of sp³-hybridized carbons (Fsp3) is 0.167. The van der Waals surface area contributed by atoms with Gasteiger partial charge in [0, 0.05) is 11.3 Å². The Bertz CT molecular complexity index is 544. The van der Waals surface area contributed by atoms with Gasteiger partial charge in [0.1, 0.15) is 0 Å². The van der Waals surface area contributed by atoms with E-state index in [0.29, 0.717) is 5.56 Å². The van der Waals surface area contributed by atoms with Crippen LogP contribution in [0, 0.1) is 13.8 Å². The van der Waals surface area contributed by atoms with Crippen molar-refractivity contribution in [3.05, 3.63) is 41.3 Å². The number of aromatic nitrogens is 2. The summed E-state index contributed by atoms with van der Waals surface area (Å²) in [6, 6.07) is 5.33. The molecule has 0 aliphatic rings. The lowest BCUT2D eigenvalue weighted by atomic mass is 10.0. The lowest BCUT2D eigenvalue weighted by Gasteiger charge is -2.04. The van der Waals surface area contributed by atoms with E-state index in [9.17, 15) is 4.79 Å². The zero-order chi connectivity index (χ0) is 11.7. The number of imidazole rings is 1. The van der Waals surface area contributed by atoms with Crippen LogP contribution in [0.15, 0.2) is 24.5 Å². The van der Waals surface area contributed by atoms with E-state index in [1.807, 2.05) is 13.0 Å². The van der Waals surface area contributed by atoms with Crippen molar-refractivity contribution in [2.24, 2.45) is 0 Å². The van der Waals surface area contributed by atoms with E-state index in [4.69, 9.17) is 5.11 Å². The fourth-order valence-corrected chi connectivity index (χ4v) is 1.65. The molecule has 1 heterocycles. The van der Waals surface area contributed by atoms with E-state index in [0.717, 1.165) is 22.5 Å². The number of H-pyrrole nitrogens is 1. The third-order valence-electron chi connectivity index (χ3n) is 2.57. The molecule has 0 bridgehead atoms. The Balaban J connectivity index is 2.56. The maximum atomic E-state index is 11.0. The molecule has 0 saturated heterocycles. The normalized spacial score (nSPS) is 10.4. The molecule has 4 heteroatoms. The van der Waals surface area contributed by atoms with Crippen LogP contribution >= 0.6 is 0 Å². The van der Waals surface area contributed by atoms with Crippen LogP contribution in [0.2, 0.25) is 0 Å². The molecule has 0 unspecified atom stereocenters. The van der Waals surface area contributed by atoms with Crippen molar-refractivity contribution < 1.29 is 9.90 Å². The second-order valence-corrected chi connectivity index (χ2v) is 3.71. The lowest BCUT2D eigenvalue weighted by molar-refractivity contribution is 0.0696. The molecule has 0 radical (unpaired) electrons. The van der Waals surface area contributed by atoms with Crippen LogP contribution in [0.25, 0.3) is 11.3 Å². The molecule has 0 atom stereocenters. The summed E-state index contributed by atoms with van der Waals surface area (Å²) in [5.41, 5.74) is 3.62. The number of aromatic amines is 1. The Morgan fingerprint density at radius 1 is 1.38 bits per heavy atom. The fourth-order valence-electron chi connectivity index (χ4n) is 1.65. The van der Waals surface area contributed by atoms with Crippen molar-refractivity contribution in [1.29, 1.82) is 0 Å². The Hall–Kier alpha value is -2.10. The minimum atomic E-state index is -0.910. The van der Waals surface area contributed by atoms with Crippen molar-refractivity contribution in [1.82, 2.24) is 9.97 Å². The zero-order valence-electron chi connectivity index (χ0n) is 9.11. The quantitative estimate of drug-likeness (QED) is 0.810. The van der Waals surface area contributed by atoms with Crippen LogP contribution in [0.4, 0.5) is 0 Å². The molecule has 82 valence electrons. The molecule has 2 rings (SSSR count). The number of carboxylic acid groups (broad SMARTS) is 1. The number of hydrogen-bond donors (Lipinski definition) is 2. The zero-order valence-corrected chi connectivity index (χ0v) is 9.11. The second-order valence-electron chi connectivity index (χ2n) is 3.71. The number of hydrogen-bond acceptors (Lipinski definition) is 2. The van der Waals surface area contributed by atoms with Gasteiger partial charge in [-0.25, -0.2) is 9.78 Å². The number of aryl methyl sites for hydroxylation is 2. The highest BCUT2D eigenvalue weighted by atomic mass is 16.4. The molecule has 16 heavy (non-hydrogen) atoms. The van der Waals surface area contributed by atoms with Gasteiger partial charge in [0.2, 0.25) is 0 Å². The van der Waals surface area contributed by atoms with E-state index < -0.39 is 5.97 Å². The van der Waals surface area contributed by atoms with Crippen LogP contribution in [-0.2, 0) is 0 Å². The van der Waals surface area contributed by atoms with Gasteiger partial charge in [0.15, 0.2) is 0 Å². The van der Waals surface area contributed by atoms with Crippen LogP contribution < -0.4 is 0 Å². The highest BCUT2D eigenvalue weighted by Gasteiger charge is 2.11. The van der Waals surface area contributed by atoms with E-state index in [1.165, 1.54) is 0 Å². The van der Waals surface area contributed by atoms with Gasteiger partial charge in [-0.2, -0.15) is 0 Å². The molecular formula is C12H12N2O2. The Kier molecular flexibility index (Phi) is 2.48. The topological polar surface area (TPSA) is 66.0 Å². The third-order valence-corrected chi connectivity index (χ3v) is 2.57. The number of nitrogens with one attached hydrogen (secondary N) is 1. The van der Waals surface area contributed by atoms with Gasteiger partial charge in [-0.1, -0.05) is 12.1 Å². The summed E-state index contributed by atoms with van der Waals surface area (Å²) in [5.74, 6) is -0.910. The molecule has 0 fully saturated rings. The van der Waals surface area contributed by atoms with Crippen LogP contribution in [0.3, 0.4) is 0 Å². The minimum Gasteiger partial charge on any atom is -0.478 e. The standard InChI is InChI=1S/C12H12N2O2/c1-7-3-4-9(5-10(7)12(15)16)11-8(2)13-6-14-11/h3-6H,1-2H3,(H,13,14)(H,15,16). The van der Waals surface area contributed by atoms with E-state index in [2.05, 4.69) is 9.97 Å². The predicted molar refractivity (Wildman–Crippen MR) is 60.5 cm³/mol. The number of carboxylic acids is 1. The predicted octanol–water partition coefficient (Wildman–Crippen LogP) is 2.39. The summed E-state index contributed by atoms with van der Waals surface area (Å²) in [7, 11) is 0. The summed E-state index contributed by atoms with van der Waals surface area (Å²) in [6.07, 6.45) is 1.60. The lowest BCUT2D eigenvalue weighted by Crippen LogP contribution is -2.00. The van der Waals surface area contributed by atoms with Crippen LogP contribution in [-0.4, -0.2) is 21.0 Å². The Morgan fingerprint density at radius 3 is 2.69 bits per heavy atom.